The zero-order valence-corrected chi connectivity index (χ0v) is 18.8. The average Bonchev–Trinajstić information content (AvgIpc) is 3.02. The average molecular weight is 425 g/mol. The van der Waals surface area contributed by atoms with Crippen molar-refractivity contribution in [3.8, 4) is 11.5 Å². The Balaban J connectivity index is 1.55. The van der Waals surface area contributed by atoms with Gasteiger partial charge in [-0.05, 0) is 57.4 Å². The molecule has 0 radical (unpaired) electrons. The molecule has 2 aromatic rings. The third kappa shape index (κ3) is 5.78. The number of benzene rings is 2. The van der Waals surface area contributed by atoms with Crippen LogP contribution in [-0.2, 0) is 9.59 Å². The van der Waals surface area contributed by atoms with E-state index in [0.29, 0.717) is 26.2 Å². The molecule has 0 N–H and O–H groups in total. The lowest BCUT2D eigenvalue weighted by atomic mass is 10.2. The molecule has 0 aromatic heterocycles. The van der Waals surface area contributed by atoms with Crippen molar-refractivity contribution in [2.24, 2.45) is 0 Å². The Morgan fingerprint density at radius 2 is 1.10 bits per heavy atom. The third-order valence-electron chi connectivity index (χ3n) is 5.61. The number of rotatable bonds is 6. The molecule has 6 heteroatoms. The van der Waals surface area contributed by atoms with Crippen molar-refractivity contribution in [3.63, 3.8) is 0 Å². The van der Waals surface area contributed by atoms with Crippen LogP contribution in [0.1, 0.15) is 31.4 Å². The first kappa shape index (κ1) is 22.7. The number of amides is 2. The second kappa shape index (κ2) is 10.3. The van der Waals surface area contributed by atoms with Gasteiger partial charge in [-0.2, -0.15) is 0 Å². The molecular formula is C25H32N2O4. The zero-order valence-electron chi connectivity index (χ0n) is 18.8. The fraction of sp³-hybridized carbons (Fsp3) is 0.440. The number of carbonyl (C=O) groups is 2. The number of nitrogens with zero attached hydrogens (tertiary/aromatic N) is 2. The van der Waals surface area contributed by atoms with Gasteiger partial charge in [-0.1, -0.05) is 36.4 Å². The highest BCUT2D eigenvalue weighted by Crippen LogP contribution is 2.20. The molecule has 1 aliphatic rings. The normalized spacial score (nSPS) is 16.3. The molecule has 1 saturated heterocycles. The first-order valence-electron chi connectivity index (χ1n) is 10.9. The largest absolute Gasteiger partial charge is 0.481 e. The highest BCUT2D eigenvalue weighted by atomic mass is 16.5. The summed E-state index contributed by atoms with van der Waals surface area (Å²) in [7, 11) is 0. The topological polar surface area (TPSA) is 59.1 Å². The highest BCUT2D eigenvalue weighted by molar-refractivity contribution is 5.82. The predicted molar refractivity (Wildman–Crippen MR) is 120 cm³/mol. The highest BCUT2D eigenvalue weighted by Gasteiger charge is 2.28. The molecule has 0 bridgehead atoms. The van der Waals surface area contributed by atoms with E-state index in [1.54, 1.807) is 23.6 Å². The number of carbonyl (C=O) groups excluding carboxylic acids is 2. The van der Waals surface area contributed by atoms with E-state index in [4.69, 9.17) is 9.47 Å². The van der Waals surface area contributed by atoms with Crippen molar-refractivity contribution >= 4 is 11.8 Å². The molecule has 166 valence electrons. The molecule has 0 aliphatic carbocycles. The second-order valence-corrected chi connectivity index (χ2v) is 8.06. The number of para-hydroxylation sites is 2. The van der Waals surface area contributed by atoms with Crippen LogP contribution in [0, 0.1) is 13.8 Å². The van der Waals surface area contributed by atoms with E-state index in [-0.39, 0.29) is 11.8 Å². The van der Waals surface area contributed by atoms with Crippen molar-refractivity contribution < 1.29 is 19.1 Å². The maximum atomic E-state index is 12.9. The van der Waals surface area contributed by atoms with Crippen molar-refractivity contribution in [3.05, 3.63) is 59.7 Å². The van der Waals surface area contributed by atoms with E-state index in [2.05, 4.69) is 0 Å². The zero-order chi connectivity index (χ0) is 22.4. The van der Waals surface area contributed by atoms with Crippen LogP contribution in [0.3, 0.4) is 0 Å². The van der Waals surface area contributed by atoms with Gasteiger partial charge in [0.15, 0.2) is 12.2 Å². The number of ether oxygens (including phenoxy) is 2. The quantitative estimate of drug-likeness (QED) is 0.711. The standard InChI is InChI=1S/C25H32N2O4/c1-18-10-5-7-12-22(18)30-20(3)24(28)26-14-9-15-27(17-16-26)25(29)21(4)31-23-13-8-6-11-19(23)2/h5-8,10-13,20-21H,9,14-17H2,1-4H3. The van der Waals surface area contributed by atoms with Gasteiger partial charge in [0.25, 0.3) is 11.8 Å². The van der Waals surface area contributed by atoms with Crippen LogP contribution < -0.4 is 9.47 Å². The van der Waals surface area contributed by atoms with Crippen LogP contribution >= 0.6 is 0 Å². The molecule has 0 saturated carbocycles. The monoisotopic (exact) mass is 424 g/mol. The van der Waals surface area contributed by atoms with Crippen LogP contribution in [-0.4, -0.2) is 60.0 Å². The maximum Gasteiger partial charge on any atom is 0.263 e. The molecule has 6 nitrogen and oxygen atoms in total. The van der Waals surface area contributed by atoms with Crippen LogP contribution in [0.4, 0.5) is 0 Å². The fourth-order valence-corrected chi connectivity index (χ4v) is 3.73. The van der Waals surface area contributed by atoms with Gasteiger partial charge in [0, 0.05) is 26.2 Å². The predicted octanol–water partition coefficient (Wildman–Crippen LogP) is 3.60. The summed E-state index contributed by atoms with van der Waals surface area (Å²) in [5.74, 6) is 1.33. The summed E-state index contributed by atoms with van der Waals surface area (Å²) in [4.78, 5) is 29.4. The summed E-state index contributed by atoms with van der Waals surface area (Å²) in [5.41, 5.74) is 2.00. The minimum absolute atomic E-state index is 0.0539. The van der Waals surface area contributed by atoms with Gasteiger partial charge in [-0.15, -0.1) is 0 Å². The Hall–Kier alpha value is -3.02. The smallest absolute Gasteiger partial charge is 0.263 e. The first-order valence-corrected chi connectivity index (χ1v) is 10.9. The number of hydrogen-bond acceptors (Lipinski definition) is 4. The van der Waals surface area contributed by atoms with E-state index in [0.717, 1.165) is 29.0 Å². The van der Waals surface area contributed by atoms with Crippen molar-refractivity contribution in [1.82, 2.24) is 9.80 Å². The molecule has 2 aromatic carbocycles. The molecule has 0 spiro atoms. The lowest BCUT2D eigenvalue weighted by Gasteiger charge is -2.26. The van der Waals surface area contributed by atoms with Gasteiger partial charge in [0.2, 0.25) is 0 Å². The number of hydrogen-bond donors (Lipinski definition) is 0. The summed E-state index contributed by atoms with van der Waals surface area (Å²) in [5, 5.41) is 0. The molecule has 1 fully saturated rings. The molecular weight excluding hydrogens is 392 g/mol. The third-order valence-corrected chi connectivity index (χ3v) is 5.61. The first-order chi connectivity index (χ1) is 14.9. The van der Waals surface area contributed by atoms with Crippen LogP contribution in [0.15, 0.2) is 48.5 Å². The Morgan fingerprint density at radius 3 is 1.48 bits per heavy atom. The van der Waals surface area contributed by atoms with E-state index in [1.165, 1.54) is 0 Å². The maximum absolute atomic E-state index is 12.9. The van der Waals surface area contributed by atoms with E-state index >= 15 is 0 Å². The van der Waals surface area contributed by atoms with Gasteiger partial charge in [-0.25, -0.2) is 0 Å². The number of aryl methyl sites for hydroxylation is 2. The van der Waals surface area contributed by atoms with Crippen LogP contribution in [0.25, 0.3) is 0 Å². The fourth-order valence-electron chi connectivity index (χ4n) is 3.73. The molecule has 2 atom stereocenters. The lowest BCUT2D eigenvalue weighted by molar-refractivity contribution is -0.140. The summed E-state index contributed by atoms with van der Waals surface area (Å²) in [6.07, 6.45) is -0.426. The van der Waals surface area contributed by atoms with Gasteiger partial charge in [-0.3, -0.25) is 9.59 Å². The summed E-state index contributed by atoms with van der Waals surface area (Å²) in [6.45, 7) is 9.67. The molecule has 1 heterocycles. The summed E-state index contributed by atoms with van der Waals surface area (Å²) < 4.78 is 11.8. The minimum Gasteiger partial charge on any atom is -0.481 e. The summed E-state index contributed by atoms with van der Waals surface area (Å²) >= 11 is 0. The molecule has 3 rings (SSSR count). The van der Waals surface area contributed by atoms with Gasteiger partial charge >= 0.3 is 0 Å². The molecule has 1 aliphatic heterocycles. The van der Waals surface area contributed by atoms with E-state index < -0.39 is 12.2 Å². The van der Waals surface area contributed by atoms with Crippen molar-refractivity contribution in [2.45, 2.75) is 46.3 Å². The SMILES string of the molecule is Cc1ccccc1OC(C)C(=O)N1CCCN(C(=O)C(C)Oc2ccccc2C)CC1. The second-order valence-electron chi connectivity index (χ2n) is 8.06. The minimum atomic E-state index is -0.577. The van der Waals surface area contributed by atoms with Gasteiger partial charge in [0.05, 0.1) is 0 Å². The molecule has 2 amide bonds. The van der Waals surface area contributed by atoms with Crippen LogP contribution in [0.2, 0.25) is 0 Å². The van der Waals surface area contributed by atoms with E-state index in [9.17, 15) is 9.59 Å². The molecule has 31 heavy (non-hydrogen) atoms. The Labute approximate surface area is 184 Å². The van der Waals surface area contributed by atoms with Crippen molar-refractivity contribution in [2.75, 3.05) is 26.2 Å². The van der Waals surface area contributed by atoms with Crippen molar-refractivity contribution in [1.29, 1.82) is 0 Å². The van der Waals surface area contributed by atoms with Gasteiger partial charge in [0.1, 0.15) is 11.5 Å². The van der Waals surface area contributed by atoms with E-state index in [1.807, 2.05) is 62.4 Å². The lowest BCUT2D eigenvalue weighted by Crippen LogP contribution is -2.45. The Kier molecular flexibility index (Phi) is 7.55. The van der Waals surface area contributed by atoms with Gasteiger partial charge < -0.3 is 19.3 Å². The van der Waals surface area contributed by atoms with Crippen LogP contribution in [0.5, 0.6) is 11.5 Å². The molecule has 2 unspecified atom stereocenters. The Bertz CT molecular complexity index is 840. The Morgan fingerprint density at radius 1 is 0.710 bits per heavy atom. The summed E-state index contributed by atoms with van der Waals surface area (Å²) in [6, 6.07) is 15.3.